The minimum Gasteiger partial charge on any atom is -0.352 e. The van der Waals surface area contributed by atoms with Crippen LogP contribution in [0, 0.1) is 5.82 Å². The molecule has 2 N–H and O–H groups in total. The molecule has 3 rings (SSSR count). The molecule has 0 aliphatic carbocycles. The van der Waals surface area contributed by atoms with Crippen molar-refractivity contribution in [2.45, 2.75) is 25.4 Å². The third kappa shape index (κ3) is 5.68. The number of anilines is 1. The van der Waals surface area contributed by atoms with Gasteiger partial charge in [0.25, 0.3) is 0 Å². The van der Waals surface area contributed by atoms with Crippen LogP contribution in [0.1, 0.15) is 24.9 Å². The number of likely N-dealkylation sites (N-methyl/N-ethyl adjacent to an activating group) is 1. The number of amides is 1. The molecule has 2 atom stereocenters. The van der Waals surface area contributed by atoms with Crippen LogP contribution >= 0.6 is 0 Å². The van der Waals surface area contributed by atoms with Crippen LogP contribution in [-0.4, -0.2) is 61.5 Å². The quantitative estimate of drug-likeness (QED) is 0.562. The molecule has 1 aromatic carbocycles. The summed E-state index contributed by atoms with van der Waals surface area (Å²) < 4.78 is 14.1. The van der Waals surface area contributed by atoms with Gasteiger partial charge in [-0.15, -0.1) is 0 Å². The summed E-state index contributed by atoms with van der Waals surface area (Å²) in [5, 5.41) is 6.79. The molecule has 2 heterocycles. The van der Waals surface area contributed by atoms with Crippen molar-refractivity contribution in [2.75, 3.05) is 38.6 Å². The van der Waals surface area contributed by atoms with Gasteiger partial charge in [-0.3, -0.25) is 4.79 Å². The van der Waals surface area contributed by atoms with Gasteiger partial charge >= 0.3 is 0 Å². The maximum absolute atomic E-state index is 14.1. The highest BCUT2D eigenvalue weighted by molar-refractivity contribution is 5.85. The van der Waals surface area contributed by atoms with Gasteiger partial charge in [0.2, 0.25) is 5.91 Å². The van der Waals surface area contributed by atoms with Gasteiger partial charge in [-0.25, -0.2) is 14.4 Å². The maximum Gasteiger partial charge on any atom is 0.243 e. The van der Waals surface area contributed by atoms with Gasteiger partial charge in [0.15, 0.2) is 17.6 Å². The van der Waals surface area contributed by atoms with E-state index in [2.05, 4.69) is 20.6 Å². The van der Waals surface area contributed by atoms with Gasteiger partial charge in [-0.05, 0) is 31.0 Å². The Bertz CT molecular complexity index is 873. The molecule has 1 saturated heterocycles. The number of hydrogen-bond acceptors (Lipinski definition) is 4. The number of guanidine groups is 1. The summed E-state index contributed by atoms with van der Waals surface area (Å²) in [6.45, 7) is 3.40. The van der Waals surface area contributed by atoms with Crippen LogP contribution in [-0.2, 0) is 4.79 Å². The Kier molecular flexibility index (Phi) is 7.21. The zero-order chi connectivity index (χ0) is 21.5. The van der Waals surface area contributed by atoms with Crippen LogP contribution in [0.15, 0.2) is 53.7 Å². The lowest BCUT2D eigenvalue weighted by molar-refractivity contribution is -0.127. The largest absolute Gasteiger partial charge is 0.352 e. The Hall–Kier alpha value is -3.16. The van der Waals surface area contributed by atoms with Crippen LogP contribution in [0.25, 0.3) is 0 Å². The lowest BCUT2D eigenvalue weighted by Gasteiger charge is -2.23. The molecule has 8 heteroatoms. The number of carbonyl (C=O) groups is 1. The molecule has 0 radical (unpaired) electrons. The van der Waals surface area contributed by atoms with Gasteiger partial charge in [-0.2, -0.15) is 0 Å². The van der Waals surface area contributed by atoms with Crippen LogP contribution in [0.3, 0.4) is 0 Å². The number of nitrogens with zero attached hydrogens (tertiary/aromatic N) is 4. The second-order valence-electron chi connectivity index (χ2n) is 7.61. The molecule has 1 aliphatic rings. The summed E-state index contributed by atoms with van der Waals surface area (Å²) in [6.07, 6.45) is 2.42. The minimum absolute atomic E-state index is 0.0117. The van der Waals surface area contributed by atoms with E-state index in [0.717, 1.165) is 12.0 Å². The number of aromatic nitrogens is 1. The molecular formula is C22H29FN6O. The molecule has 0 spiro atoms. The highest BCUT2D eigenvalue weighted by atomic mass is 19.1. The zero-order valence-corrected chi connectivity index (χ0v) is 17.7. The summed E-state index contributed by atoms with van der Waals surface area (Å²) in [5.74, 6) is 0.537. The van der Waals surface area contributed by atoms with Crippen LogP contribution in [0.5, 0.6) is 0 Å². The van der Waals surface area contributed by atoms with Crippen molar-refractivity contribution < 1.29 is 9.18 Å². The average Bonchev–Trinajstić information content (AvgIpc) is 3.20. The first-order valence-corrected chi connectivity index (χ1v) is 10.1. The van der Waals surface area contributed by atoms with Crippen molar-refractivity contribution in [1.29, 1.82) is 0 Å². The highest BCUT2D eigenvalue weighted by Crippen LogP contribution is 2.21. The van der Waals surface area contributed by atoms with E-state index in [-0.39, 0.29) is 30.4 Å². The van der Waals surface area contributed by atoms with E-state index in [1.54, 1.807) is 26.4 Å². The van der Waals surface area contributed by atoms with Gasteiger partial charge in [-0.1, -0.05) is 30.3 Å². The third-order valence-corrected chi connectivity index (χ3v) is 5.09. The predicted molar refractivity (Wildman–Crippen MR) is 117 cm³/mol. The molecule has 160 valence electrons. The van der Waals surface area contributed by atoms with Crippen molar-refractivity contribution >= 4 is 17.7 Å². The van der Waals surface area contributed by atoms with E-state index in [1.807, 2.05) is 42.2 Å². The number of benzene rings is 1. The van der Waals surface area contributed by atoms with Crippen LogP contribution in [0.2, 0.25) is 0 Å². The predicted octanol–water partition coefficient (Wildman–Crippen LogP) is 2.18. The summed E-state index contributed by atoms with van der Waals surface area (Å²) in [5.41, 5.74) is 1.12. The summed E-state index contributed by atoms with van der Waals surface area (Å²) in [4.78, 5) is 24.1. The molecule has 30 heavy (non-hydrogen) atoms. The molecule has 1 aliphatic heterocycles. The number of hydrogen-bond donors (Lipinski definition) is 2. The average molecular weight is 413 g/mol. The molecule has 1 aromatic heterocycles. The van der Waals surface area contributed by atoms with Crippen molar-refractivity contribution in [3.8, 4) is 0 Å². The molecular weight excluding hydrogens is 383 g/mol. The Morgan fingerprint density at radius 2 is 2.07 bits per heavy atom. The normalized spacial score (nSPS) is 17.5. The Morgan fingerprint density at radius 3 is 2.77 bits per heavy atom. The lowest BCUT2D eigenvalue weighted by Crippen LogP contribution is -2.46. The monoisotopic (exact) mass is 412 g/mol. The fourth-order valence-electron chi connectivity index (χ4n) is 3.33. The fourth-order valence-corrected chi connectivity index (χ4v) is 3.33. The second kappa shape index (κ2) is 10.0. The number of carbonyl (C=O) groups excluding carboxylic acids is 1. The molecule has 2 aromatic rings. The van der Waals surface area contributed by atoms with Gasteiger partial charge < -0.3 is 20.4 Å². The minimum atomic E-state index is -0.320. The summed E-state index contributed by atoms with van der Waals surface area (Å²) >= 11 is 0. The van der Waals surface area contributed by atoms with Crippen LogP contribution < -0.4 is 15.5 Å². The van der Waals surface area contributed by atoms with E-state index in [9.17, 15) is 9.18 Å². The van der Waals surface area contributed by atoms with Gasteiger partial charge in [0.05, 0.1) is 6.04 Å². The third-order valence-electron chi connectivity index (χ3n) is 5.09. The van der Waals surface area contributed by atoms with Crippen molar-refractivity contribution in [3.05, 3.63) is 60.0 Å². The molecule has 2 unspecified atom stereocenters. The Balaban J connectivity index is 1.68. The topological polar surface area (TPSA) is 72.9 Å². The maximum atomic E-state index is 14.1. The number of aliphatic imine (C=N–C) groups is 1. The SMILES string of the molecule is CC(NC(=NCC(=O)N(C)C)NC1CCN(c2ncccc2F)C1)c1ccccc1. The molecule has 1 fully saturated rings. The van der Waals surface area contributed by atoms with Gasteiger partial charge in [0, 0.05) is 39.4 Å². The number of rotatable bonds is 6. The first-order valence-electron chi connectivity index (χ1n) is 10.1. The number of halogens is 1. The molecule has 7 nitrogen and oxygen atoms in total. The van der Waals surface area contributed by atoms with Gasteiger partial charge in [0.1, 0.15) is 6.54 Å². The second-order valence-corrected chi connectivity index (χ2v) is 7.61. The summed E-state index contributed by atoms with van der Waals surface area (Å²) in [7, 11) is 3.42. The van der Waals surface area contributed by atoms with E-state index < -0.39 is 0 Å². The number of pyridine rings is 1. The first kappa shape index (κ1) is 21.5. The molecule has 0 saturated carbocycles. The first-order chi connectivity index (χ1) is 14.4. The van der Waals surface area contributed by atoms with E-state index in [0.29, 0.717) is 24.9 Å². The lowest BCUT2D eigenvalue weighted by atomic mass is 10.1. The van der Waals surface area contributed by atoms with Crippen molar-refractivity contribution in [2.24, 2.45) is 4.99 Å². The zero-order valence-electron chi connectivity index (χ0n) is 17.7. The van der Waals surface area contributed by atoms with E-state index >= 15 is 0 Å². The van der Waals surface area contributed by atoms with E-state index in [4.69, 9.17) is 0 Å². The molecule has 0 bridgehead atoms. The van der Waals surface area contributed by atoms with E-state index in [1.165, 1.54) is 11.0 Å². The smallest absolute Gasteiger partial charge is 0.243 e. The Morgan fingerprint density at radius 1 is 1.30 bits per heavy atom. The standard InChI is InChI=1S/C22H29FN6O/c1-16(17-8-5-4-6-9-17)26-22(25-14-20(30)28(2)3)27-18-11-13-29(15-18)21-19(23)10-7-12-24-21/h4-10,12,16,18H,11,13-15H2,1-3H3,(H2,25,26,27). The Labute approximate surface area is 177 Å². The highest BCUT2D eigenvalue weighted by Gasteiger charge is 2.26. The van der Waals surface area contributed by atoms with Crippen molar-refractivity contribution in [1.82, 2.24) is 20.5 Å². The molecule has 1 amide bonds. The van der Waals surface area contributed by atoms with Crippen molar-refractivity contribution in [3.63, 3.8) is 0 Å². The number of nitrogens with one attached hydrogen (secondary N) is 2. The van der Waals surface area contributed by atoms with Crippen LogP contribution in [0.4, 0.5) is 10.2 Å². The fraction of sp³-hybridized carbons (Fsp3) is 0.409. The summed E-state index contributed by atoms with van der Waals surface area (Å²) in [6, 6.07) is 13.1.